The van der Waals surface area contributed by atoms with Crippen molar-refractivity contribution in [3.63, 3.8) is 0 Å². The van der Waals surface area contributed by atoms with Gasteiger partial charge >= 0.3 is 0 Å². The van der Waals surface area contributed by atoms with Crippen molar-refractivity contribution in [1.29, 1.82) is 0 Å². The Kier molecular flexibility index (Phi) is 2.70. The van der Waals surface area contributed by atoms with Gasteiger partial charge in [0.25, 0.3) is 0 Å². The molecule has 0 bridgehead atoms. The van der Waals surface area contributed by atoms with E-state index in [1.54, 1.807) is 0 Å². The molecule has 2 rings (SSSR count). The smallest absolute Gasteiger partial charge is 0.0771 e. The second-order valence-corrected chi connectivity index (χ2v) is 4.45. The molecule has 0 aromatic carbocycles. The van der Waals surface area contributed by atoms with Gasteiger partial charge in [-0.3, -0.25) is 0 Å². The number of aliphatic hydroxyl groups is 1. The summed E-state index contributed by atoms with van der Waals surface area (Å²) in [6.45, 7) is 0.791. The molecular weight excluding hydrogens is 162 g/mol. The maximum absolute atomic E-state index is 10.1. The Labute approximate surface area is 80.0 Å². The molecule has 0 amide bonds. The van der Waals surface area contributed by atoms with Gasteiger partial charge in [0, 0.05) is 12.6 Å². The first kappa shape index (κ1) is 9.22. The van der Waals surface area contributed by atoms with E-state index in [0.717, 1.165) is 32.2 Å². The quantitative estimate of drug-likeness (QED) is 0.648. The largest absolute Gasteiger partial charge is 0.389 e. The summed E-state index contributed by atoms with van der Waals surface area (Å²) in [5.74, 6) is 0. The lowest BCUT2D eigenvalue weighted by atomic mass is 10.0. The lowest BCUT2D eigenvalue weighted by Crippen LogP contribution is -2.41. The van der Waals surface area contributed by atoms with Gasteiger partial charge in [-0.05, 0) is 25.7 Å². The molecular formula is C11H19NO. The second-order valence-electron chi connectivity index (χ2n) is 4.45. The first-order valence-electron chi connectivity index (χ1n) is 5.39. The first-order chi connectivity index (χ1) is 6.29. The first-order valence-corrected chi connectivity index (χ1v) is 5.39. The van der Waals surface area contributed by atoms with E-state index in [1.807, 2.05) is 0 Å². The molecule has 0 spiro atoms. The Morgan fingerprint density at radius 1 is 1.23 bits per heavy atom. The minimum Gasteiger partial charge on any atom is -0.389 e. The lowest BCUT2D eigenvalue weighted by molar-refractivity contribution is 0.0452. The summed E-state index contributed by atoms with van der Waals surface area (Å²) < 4.78 is 0. The number of rotatable bonds is 3. The molecule has 0 saturated heterocycles. The van der Waals surface area contributed by atoms with Crippen molar-refractivity contribution in [3.8, 4) is 0 Å². The van der Waals surface area contributed by atoms with Crippen LogP contribution in [0.2, 0.25) is 0 Å². The molecule has 2 N–H and O–H groups in total. The average Bonchev–Trinajstić information content (AvgIpc) is 2.72. The predicted molar refractivity (Wildman–Crippen MR) is 53.6 cm³/mol. The Morgan fingerprint density at radius 3 is 2.46 bits per heavy atom. The monoisotopic (exact) mass is 181 g/mol. The minimum atomic E-state index is -0.386. The van der Waals surface area contributed by atoms with E-state index in [-0.39, 0.29) is 5.60 Å². The summed E-state index contributed by atoms with van der Waals surface area (Å²) in [5, 5.41) is 13.5. The zero-order valence-corrected chi connectivity index (χ0v) is 8.13. The van der Waals surface area contributed by atoms with Crippen LogP contribution >= 0.6 is 0 Å². The van der Waals surface area contributed by atoms with Crippen LogP contribution in [0.15, 0.2) is 12.2 Å². The maximum atomic E-state index is 10.1. The third-order valence-electron chi connectivity index (χ3n) is 3.26. The van der Waals surface area contributed by atoms with Crippen LogP contribution < -0.4 is 5.32 Å². The van der Waals surface area contributed by atoms with Gasteiger partial charge in [-0.2, -0.15) is 0 Å². The van der Waals surface area contributed by atoms with Crippen molar-refractivity contribution >= 4 is 0 Å². The number of hydrogen-bond donors (Lipinski definition) is 2. The molecule has 0 aromatic rings. The van der Waals surface area contributed by atoms with Crippen LogP contribution in [0.5, 0.6) is 0 Å². The summed E-state index contributed by atoms with van der Waals surface area (Å²) in [5.41, 5.74) is -0.386. The van der Waals surface area contributed by atoms with E-state index in [1.165, 1.54) is 12.8 Å². The van der Waals surface area contributed by atoms with Crippen LogP contribution in [0.25, 0.3) is 0 Å². The van der Waals surface area contributed by atoms with Crippen molar-refractivity contribution < 1.29 is 5.11 Å². The molecule has 0 atom stereocenters. The molecule has 13 heavy (non-hydrogen) atoms. The van der Waals surface area contributed by atoms with E-state index in [9.17, 15) is 5.11 Å². The fraction of sp³-hybridized carbons (Fsp3) is 0.818. The lowest BCUT2D eigenvalue weighted by Gasteiger charge is -2.24. The standard InChI is InChI=1S/C11H19NO/c13-11(7-3-4-8-11)9-12-10-5-1-2-6-10/h1-2,10,12-13H,3-9H2. The molecule has 0 radical (unpaired) electrons. The molecule has 1 fully saturated rings. The molecule has 74 valence electrons. The van der Waals surface area contributed by atoms with Crippen LogP contribution in [0.4, 0.5) is 0 Å². The zero-order chi connectivity index (χ0) is 9.15. The Morgan fingerprint density at radius 2 is 1.85 bits per heavy atom. The SMILES string of the molecule is OC1(CNC2CC=CC2)CCCC1. The van der Waals surface area contributed by atoms with E-state index < -0.39 is 0 Å². The topological polar surface area (TPSA) is 32.3 Å². The third-order valence-corrected chi connectivity index (χ3v) is 3.26. The predicted octanol–water partition coefficient (Wildman–Crippen LogP) is 1.60. The van der Waals surface area contributed by atoms with Crippen LogP contribution in [-0.4, -0.2) is 23.3 Å². The van der Waals surface area contributed by atoms with Gasteiger partial charge in [0.1, 0.15) is 0 Å². The highest BCUT2D eigenvalue weighted by atomic mass is 16.3. The van der Waals surface area contributed by atoms with Gasteiger partial charge in [0.2, 0.25) is 0 Å². The highest BCUT2D eigenvalue weighted by molar-refractivity contribution is 4.99. The Bertz CT molecular complexity index is 186. The van der Waals surface area contributed by atoms with Gasteiger partial charge < -0.3 is 10.4 Å². The van der Waals surface area contributed by atoms with Crippen molar-refractivity contribution in [2.45, 2.75) is 50.2 Å². The summed E-state index contributed by atoms with van der Waals surface area (Å²) >= 11 is 0. The summed E-state index contributed by atoms with van der Waals surface area (Å²) in [6.07, 6.45) is 11.1. The molecule has 2 aliphatic rings. The third kappa shape index (κ3) is 2.32. The average molecular weight is 181 g/mol. The van der Waals surface area contributed by atoms with Crippen LogP contribution in [-0.2, 0) is 0 Å². The van der Waals surface area contributed by atoms with Crippen molar-refractivity contribution in [2.24, 2.45) is 0 Å². The minimum absolute atomic E-state index is 0.386. The van der Waals surface area contributed by atoms with E-state index in [0.29, 0.717) is 6.04 Å². The summed E-state index contributed by atoms with van der Waals surface area (Å²) in [6, 6.07) is 0.588. The van der Waals surface area contributed by atoms with E-state index in [4.69, 9.17) is 0 Å². The van der Waals surface area contributed by atoms with Crippen LogP contribution in [0.1, 0.15) is 38.5 Å². The molecule has 0 aromatic heterocycles. The Hall–Kier alpha value is -0.340. The normalized spacial score (nSPS) is 27.2. The van der Waals surface area contributed by atoms with Crippen molar-refractivity contribution in [3.05, 3.63) is 12.2 Å². The molecule has 0 aliphatic heterocycles. The highest BCUT2D eigenvalue weighted by Crippen LogP contribution is 2.29. The molecule has 1 saturated carbocycles. The molecule has 2 aliphatic carbocycles. The Balaban J connectivity index is 1.72. The van der Waals surface area contributed by atoms with Gasteiger partial charge in [0.15, 0.2) is 0 Å². The van der Waals surface area contributed by atoms with Crippen molar-refractivity contribution in [2.75, 3.05) is 6.54 Å². The van der Waals surface area contributed by atoms with Crippen LogP contribution in [0.3, 0.4) is 0 Å². The zero-order valence-electron chi connectivity index (χ0n) is 8.13. The van der Waals surface area contributed by atoms with Crippen LogP contribution in [0, 0.1) is 0 Å². The summed E-state index contributed by atoms with van der Waals surface area (Å²) in [7, 11) is 0. The van der Waals surface area contributed by atoms with E-state index >= 15 is 0 Å². The highest BCUT2D eigenvalue weighted by Gasteiger charge is 2.31. The molecule has 2 nitrogen and oxygen atoms in total. The maximum Gasteiger partial charge on any atom is 0.0771 e. The van der Waals surface area contributed by atoms with Crippen molar-refractivity contribution in [1.82, 2.24) is 5.32 Å². The fourth-order valence-electron chi connectivity index (χ4n) is 2.33. The van der Waals surface area contributed by atoms with Gasteiger partial charge in [-0.15, -0.1) is 0 Å². The fourth-order valence-corrected chi connectivity index (χ4v) is 2.33. The van der Waals surface area contributed by atoms with Gasteiger partial charge in [-0.1, -0.05) is 25.0 Å². The van der Waals surface area contributed by atoms with Gasteiger partial charge in [0.05, 0.1) is 5.60 Å². The van der Waals surface area contributed by atoms with E-state index in [2.05, 4.69) is 17.5 Å². The molecule has 0 heterocycles. The molecule has 2 heteroatoms. The second kappa shape index (κ2) is 3.81. The van der Waals surface area contributed by atoms with Gasteiger partial charge in [-0.25, -0.2) is 0 Å². The molecule has 0 unspecified atom stereocenters. The summed E-state index contributed by atoms with van der Waals surface area (Å²) in [4.78, 5) is 0. The number of nitrogens with one attached hydrogen (secondary N) is 1. The number of hydrogen-bond acceptors (Lipinski definition) is 2.